The number of aliphatic hydroxyl groups excluding tert-OH is 1. The molecule has 1 amide bonds. The number of nitrogens with zero attached hydrogens (tertiary/aromatic N) is 2. The Hall–Kier alpha value is -2.62. The van der Waals surface area contributed by atoms with Crippen molar-refractivity contribution in [3.8, 4) is 11.5 Å². The molecule has 0 bridgehead atoms. The van der Waals surface area contributed by atoms with Crippen LogP contribution in [0.2, 0.25) is 0 Å². The molecule has 8 nitrogen and oxygen atoms in total. The summed E-state index contributed by atoms with van der Waals surface area (Å²) in [7, 11) is -3.64. The van der Waals surface area contributed by atoms with Crippen molar-refractivity contribution in [3.63, 3.8) is 0 Å². The van der Waals surface area contributed by atoms with Gasteiger partial charge in [-0.3, -0.25) is 4.79 Å². The standard InChI is InChI=1S/C21H22N2O6S/c24-19(15-4-2-1-3-5-15)20(25)22-11-21(12-22)13-23(14-21)30(26,27)16-6-7-17-18(10-16)29-9-8-28-17/h1-7,10,19,24H,8-9,11-14H2/t19-/m0/s1. The van der Waals surface area contributed by atoms with Gasteiger partial charge in [-0.1, -0.05) is 30.3 Å². The number of sulfonamides is 1. The van der Waals surface area contributed by atoms with Gasteiger partial charge in [0.15, 0.2) is 17.6 Å². The molecule has 2 fully saturated rings. The van der Waals surface area contributed by atoms with Gasteiger partial charge in [0.05, 0.1) is 4.90 Å². The largest absolute Gasteiger partial charge is 0.486 e. The molecule has 1 spiro atoms. The van der Waals surface area contributed by atoms with Crippen molar-refractivity contribution < 1.29 is 27.8 Å². The average molecular weight is 430 g/mol. The molecule has 2 saturated heterocycles. The highest BCUT2D eigenvalue weighted by Crippen LogP contribution is 2.44. The molecular weight excluding hydrogens is 408 g/mol. The van der Waals surface area contributed by atoms with Gasteiger partial charge < -0.3 is 19.5 Å². The van der Waals surface area contributed by atoms with Crippen LogP contribution in [0, 0.1) is 5.41 Å². The molecule has 3 heterocycles. The Labute approximate surface area is 174 Å². The van der Waals surface area contributed by atoms with Gasteiger partial charge >= 0.3 is 0 Å². The maximum atomic E-state index is 12.9. The van der Waals surface area contributed by atoms with Crippen molar-refractivity contribution in [3.05, 3.63) is 54.1 Å². The van der Waals surface area contributed by atoms with Crippen LogP contribution in [0.1, 0.15) is 11.7 Å². The summed E-state index contributed by atoms with van der Waals surface area (Å²) in [6.07, 6.45) is -1.19. The zero-order chi connectivity index (χ0) is 20.9. The Balaban J connectivity index is 1.21. The maximum Gasteiger partial charge on any atom is 0.256 e. The van der Waals surface area contributed by atoms with E-state index in [0.717, 1.165) is 0 Å². The highest BCUT2D eigenvalue weighted by atomic mass is 32.2. The first-order valence-electron chi connectivity index (χ1n) is 9.80. The molecule has 2 aromatic carbocycles. The first kappa shape index (κ1) is 19.3. The number of benzene rings is 2. The lowest BCUT2D eigenvalue weighted by molar-refractivity contribution is -0.161. The van der Waals surface area contributed by atoms with E-state index in [1.165, 1.54) is 16.4 Å². The summed E-state index contributed by atoms with van der Waals surface area (Å²) < 4.78 is 38.2. The number of likely N-dealkylation sites (tertiary alicyclic amines) is 1. The lowest BCUT2D eigenvalue weighted by atomic mass is 9.74. The van der Waals surface area contributed by atoms with Gasteiger partial charge in [-0.05, 0) is 17.7 Å². The fraction of sp³-hybridized carbons (Fsp3) is 0.381. The highest BCUT2D eigenvalue weighted by molar-refractivity contribution is 7.89. The lowest BCUT2D eigenvalue weighted by Gasteiger charge is -2.59. The Morgan fingerprint density at radius 1 is 0.967 bits per heavy atom. The van der Waals surface area contributed by atoms with Crippen LogP contribution in [-0.2, 0) is 14.8 Å². The second-order valence-electron chi connectivity index (χ2n) is 8.09. The molecule has 1 atom stereocenters. The third kappa shape index (κ3) is 3.13. The number of rotatable bonds is 4. The second kappa shape index (κ2) is 6.97. The van der Waals surface area contributed by atoms with E-state index in [1.807, 2.05) is 6.07 Å². The van der Waals surface area contributed by atoms with E-state index < -0.39 is 16.1 Å². The molecule has 0 aliphatic carbocycles. The van der Waals surface area contributed by atoms with Crippen molar-refractivity contribution in [2.45, 2.75) is 11.0 Å². The number of aliphatic hydroxyl groups is 1. The normalized spacial score (nSPS) is 20.9. The quantitative estimate of drug-likeness (QED) is 0.778. The van der Waals surface area contributed by atoms with Crippen molar-refractivity contribution in [2.75, 3.05) is 39.4 Å². The third-order valence-electron chi connectivity index (χ3n) is 5.89. The topological polar surface area (TPSA) is 96.4 Å². The molecular formula is C21H22N2O6S. The van der Waals surface area contributed by atoms with E-state index in [9.17, 15) is 18.3 Å². The van der Waals surface area contributed by atoms with Gasteiger partial charge in [0, 0.05) is 37.7 Å². The lowest BCUT2D eigenvalue weighted by Crippen LogP contribution is -2.73. The van der Waals surface area contributed by atoms with Crippen LogP contribution < -0.4 is 9.47 Å². The zero-order valence-corrected chi connectivity index (χ0v) is 17.0. The van der Waals surface area contributed by atoms with Crippen LogP contribution in [0.4, 0.5) is 0 Å². The van der Waals surface area contributed by atoms with Gasteiger partial charge in [-0.15, -0.1) is 0 Å². The van der Waals surface area contributed by atoms with E-state index >= 15 is 0 Å². The first-order chi connectivity index (χ1) is 14.4. The van der Waals surface area contributed by atoms with Crippen molar-refractivity contribution in [1.82, 2.24) is 9.21 Å². The second-order valence-corrected chi connectivity index (χ2v) is 10.0. The average Bonchev–Trinajstić information content (AvgIpc) is 2.71. The monoisotopic (exact) mass is 430 g/mol. The number of carbonyl (C=O) groups is 1. The molecule has 2 aromatic rings. The Morgan fingerprint density at radius 2 is 1.63 bits per heavy atom. The molecule has 3 aliphatic rings. The van der Waals surface area contributed by atoms with Crippen LogP contribution in [0.15, 0.2) is 53.4 Å². The van der Waals surface area contributed by atoms with Crippen LogP contribution >= 0.6 is 0 Å². The van der Waals surface area contributed by atoms with Crippen LogP contribution in [0.5, 0.6) is 11.5 Å². The van der Waals surface area contributed by atoms with Crippen molar-refractivity contribution in [2.24, 2.45) is 5.41 Å². The molecule has 0 radical (unpaired) electrons. The Bertz CT molecular complexity index is 1070. The van der Waals surface area contributed by atoms with E-state index in [0.29, 0.717) is 56.5 Å². The summed E-state index contributed by atoms with van der Waals surface area (Å²) >= 11 is 0. The molecule has 0 aromatic heterocycles. The first-order valence-corrected chi connectivity index (χ1v) is 11.2. The Kier molecular flexibility index (Phi) is 4.49. The summed E-state index contributed by atoms with van der Waals surface area (Å²) in [5.41, 5.74) is 0.326. The van der Waals surface area contributed by atoms with Gasteiger partial charge in [0.1, 0.15) is 13.2 Å². The summed E-state index contributed by atoms with van der Waals surface area (Å²) in [6.45, 7) is 2.44. The minimum Gasteiger partial charge on any atom is -0.486 e. The van der Waals surface area contributed by atoms with Crippen molar-refractivity contribution >= 4 is 15.9 Å². The molecule has 0 unspecified atom stereocenters. The summed E-state index contributed by atoms with van der Waals surface area (Å²) in [4.78, 5) is 14.3. The smallest absolute Gasteiger partial charge is 0.256 e. The third-order valence-corrected chi connectivity index (χ3v) is 7.68. The molecule has 9 heteroatoms. The van der Waals surface area contributed by atoms with E-state index in [-0.39, 0.29) is 16.2 Å². The SMILES string of the molecule is O=C([C@@H](O)c1ccccc1)N1CC2(C1)CN(S(=O)(=O)c1ccc3c(c1)OCCO3)C2. The van der Waals surface area contributed by atoms with Crippen molar-refractivity contribution in [1.29, 1.82) is 0 Å². The summed E-state index contributed by atoms with van der Waals surface area (Å²) in [5, 5.41) is 10.3. The van der Waals surface area contributed by atoms with Crippen LogP contribution in [-0.4, -0.2) is 68.0 Å². The fourth-order valence-corrected chi connectivity index (χ4v) is 5.96. The van der Waals surface area contributed by atoms with Gasteiger partial charge in [0.25, 0.3) is 5.91 Å². The number of hydrogen-bond donors (Lipinski definition) is 1. The van der Waals surface area contributed by atoms with Gasteiger partial charge in [-0.25, -0.2) is 8.42 Å². The molecule has 30 heavy (non-hydrogen) atoms. The van der Waals surface area contributed by atoms with E-state index in [4.69, 9.17) is 9.47 Å². The van der Waals surface area contributed by atoms with Gasteiger partial charge in [-0.2, -0.15) is 4.31 Å². The summed E-state index contributed by atoms with van der Waals surface area (Å²) in [5.74, 6) is 0.637. The minimum absolute atomic E-state index is 0.174. The predicted molar refractivity (Wildman–Crippen MR) is 107 cm³/mol. The number of carbonyl (C=O) groups excluding carboxylic acids is 1. The van der Waals surface area contributed by atoms with Crippen LogP contribution in [0.25, 0.3) is 0 Å². The molecule has 5 rings (SSSR count). The fourth-order valence-electron chi connectivity index (χ4n) is 4.28. The van der Waals surface area contributed by atoms with E-state index in [2.05, 4.69) is 0 Å². The highest BCUT2D eigenvalue weighted by Gasteiger charge is 2.56. The van der Waals surface area contributed by atoms with E-state index in [1.54, 1.807) is 35.2 Å². The number of amides is 1. The zero-order valence-electron chi connectivity index (χ0n) is 16.2. The minimum atomic E-state index is -3.64. The molecule has 0 saturated carbocycles. The molecule has 158 valence electrons. The number of fused-ring (bicyclic) bond motifs is 1. The maximum absolute atomic E-state index is 12.9. The summed E-state index contributed by atoms with van der Waals surface area (Å²) in [6, 6.07) is 13.4. The molecule has 3 aliphatic heterocycles. The van der Waals surface area contributed by atoms with Crippen LogP contribution in [0.3, 0.4) is 0 Å². The number of ether oxygens (including phenoxy) is 2. The predicted octanol–water partition coefficient (Wildman–Crippen LogP) is 1.02. The molecule has 1 N–H and O–H groups in total. The van der Waals surface area contributed by atoms with Gasteiger partial charge in [0.2, 0.25) is 10.0 Å². The Morgan fingerprint density at radius 3 is 2.33 bits per heavy atom. The number of hydrogen-bond acceptors (Lipinski definition) is 6.